The number of allylic oxidation sites excluding steroid dienone is 1. The van der Waals surface area contributed by atoms with Gasteiger partial charge in [-0.3, -0.25) is 4.79 Å². The molecule has 0 radical (unpaired) electrons. The van der Waals surface area contributed by atoms with Crippen LogP contribution in [0.3, 0.4) is 0 Å². The monoisotopic (exact) mass is 541 g/mol. The molecular formula is C28H31NO10. The zero-order valence-electron chi connectivity index (χ0n) is 22.1. The molecule has 0 amide bonds. The number of carbonyl (C=O) groups is 3. The molecule has 3 aromatic rings. The third-order valence-electron chi connectivity index (χ3n) is 6.13. The van der Waals surface area contributed by atoms with E-state index in [0.29, 0.717) is 33.8 Å². The van der Waals surface area contributed by atoms with Gasteiger partial charge in [0.2, 0.25) is 5.75 Å². The van der Waals surface area contributed by atoms with E-state index in [1.165, 1.54) is 20.3 Å². The number of ketones is 1. The maximum atomic E-state index is 13.5. The van der Waals surface area contributed by atoms with Crippen LogP contribution in [0, 0.1) is 0 Å². The highest BCUT2D eigenvalue weighted by Crippen LogP contribution is 2.47. The Labute approximate surface area is 224 Å². The van der Waals surface area contributed by atoms with E-state index in [2.05, 4.69) is 5.32 Å². The topological polar surface area (TPSA) is 154 Å². The summed E-state index contributed by atoms with van der Waals surface area (Å²) in [6.07, 6.45) is 6.71. The summed E-state index contributed by atoms with van der Waals surface area (Å²) >= 11 is 0. The van der Waals surface area contributed by atoms with Crippen LogP contribution >= 0.6 is 0 Å². The quantitative estimate of drug-likeness (QED) is 0.204. The molecule has 0 saturated carbocycles. The standard InChI is InChI=1S/C26H29NO6.C2H2O4/c1-16(20-6-5-14-27-20)33-25-22(21(28)12-9-17-7-10-18(29-2)11-8-17)23(30-3)19-13-15-32-24(19)26(25)31-4;3-1(4)2(5)6/h7-13,15-16,20,27H,5-6,14H2,1-4H3;(H,3,4)(H,5,6)/b12-9+;. The average molecular weight is 542 g/mol. The Morgan fingerprint density at radius 3 is 2.18 bits per heavy atom. The van der Waals surface area contributed by atoms with Crippen LogP contribution in [0.5, 0.6) is 23.0 Å². The number of benzene rings is 2. The van der Waals surface area contributed by atoms with Crippen molar-refractivity contribution in [3.63, 3.8) is 0 Å². The molecule has 1 aliphatic rings. The lowest BCUT2D eigenvalue weighted by Crippen LogP contribution is -2.37. The second-order valence-corrected chi connectivity index (χ2v) is 8.54. The van der Waals surface area contributed by atoms with Crippen molar-refractivity contribution < 1.29 is 48.0 Å². The summed E-state index contributed by atoms with van der Waals surface area (Å²) in [6, 6.07) is 9.39. The Balaban J connectivity index is 0.000000631. The van der Waals surface area contributed by atoms with Gasteiger partial charge in [-0.15, -0.1) is 0 Å². The van der Waals surface area contributed by atoms with Crippen molar-refractivity contribution in [1.29, 1.82) is 0 Å². The minimum absolute atomic E-state index is 0.185. The first-order valence-corrected chi connectivity index (χ1v) is 12.1. The highest BCUT2D eigenvalue weighted by molar-refractivity contribution is 6.27. The Bertz CT molecular complexity index is 1320. The number of rotatable bonds is 9. The lowest BCUT2D eigenvalue weighted by atomic mass is 10.0. The molecule has 1 aromatic heterocycles. The molecule has 2 heterocycles. The number of furan rings is 1. The lowest BCUT2D eigenvalue weighted by Gasteiger charge is -2.24. The predicted molar refractivity (Wildman–Crippen MR) is 142 cm³/mol. The van der Waals surface area contributed by atoms with Crippen LogP contribution in [0.4, 0.5) is 0 Å². The number of carboxylic acids is 2. The zero-order valence-corrected chi connectivity index (χ0v) is 22.1. The SMILES string of the molecule is COc1ccc(/C=C/C(=O)c2c(OC(C)C3CCCN3)c(OC)c3occc3c2OC)cc1.O=C(O)C(=O)O. The summed E-state index contributed by atoms with van der Waals surface area (Å²) in [7, 11) is 4.68. The summed E-state index contributed by atoms with van der Waals surface area (Å²) in [5.41, 5.74) is 1.65. The molecule has 11 heteroatoms. The van der Waals surface area contributed by atoms with Crippen molar-refractivity contribution in [1.82, 2.24) is 5.32 Å². The summed E-state index contributed by atoms with van der Waals surface area (Å²) in [5.74, 6) is -2.06. The van der Waals surface area contributed by atoms with Crippen molar-refractivity contribution >= 4 is 34.8 Å². The first-order chi connectivity index (χ1) is 18.7. The Kier molecular flexibility index (Phi) is 9.93. The Morgan fingerprint density at radius 1 is 0.974 bits per heavy atom. The molecule has 2 unspecified atom stereocenters. The van der Waals surface area contributed by atoms with Gasteiger partial charge in [0.05, 0.1) is 33.0 Å². The second kappa shape index (κ2) is 13.3. The molecule has 1 saturated heterocycles. The number of carbonyl (C=O) groups excluding carboxylic acids is 1. The number of fused-ring (bicyclic) bond motifs is 1. The largest absolute Gasteiger partial charge is 0.497 e. The van der Waals surface area contributed by atoms with E-state index >= 15 is 0 Å². The van der Waals surface area contributed by atoms with Gasteiger partial charge in [-0.05, 0) is 56.1 Å². The third kappa shape index (κ3) is 6.88. The van der Waals surface area contributed by atoms with Crippen molar-refractivity contribution in [3.05, 3.63) is 53.8 Å². The number of ether oxygens (including phenoxy) is 4. The van der Waals surface area contributed by atoms with Crippen molar-refractivity contribution in [2.45, 2.75) is 31.9 Å². The smallest absolute Gasteiger partial charge is 0.414 e. The first kappa shape index (κ1) is 29.1. The van der Waals surface area contributed by atoms with E-state index in [-0.39, 0.29) is 17.9 Å². The van der Waals surface area contributed by atoms with Crippen LogP contribution in [0.25, 0.3) is 17.0 Å². The van der Waals surface area contributed by atoms with E-state index in [9.17, 15) is 4.79 Å². The van der Waals surface area contributed by atoms with E-state index in [1.54, 1.807) is 25.5 Å². The van der Waals surface area contributed by atoms with Crippen LogP contribution in [-0.2, 0) is 9.59 Å². The van der Waals surface area contributed by atoms with Gasteiger partial charge in [0.15, 0.2) is 17.1 Å². The van der Waals surface area contributed by atoms with Crippen molar-refractivity contribution in [2.24, 2.45) is 0 Å². The molecular weight excluding hydrogens is 510 g/mol. The molecule has 0 spiro atoms. The Morgan fingerprint density at radius 2 is 1.64 bits per heavy atom. The minimum atomic E-state index is -1.82. The maximum absolute atomic E-state index is 13.5. The van der Waals surface area contributed by atoms with E-state index in [1.807, 2.05) is 31.2 Å². The number of carboxylic acid groups (broad SMARTS) is 2. The van der Waals surface area contributed by atoms with Gasteiger partial charge in [0.1, 0.15) is 23.2 Å². The van der Waals surface area contributed by atoms with Gasteiger partial charge in [-0.1, -0.05) is 18.2 Å². The molecule has 208 valence electrons. The van der Waals surface area contributed by atoms with Gasteiger partial charge in [0, 0.05) is 6.04 Å². The van der Waals surface area contributed by atoms with E-state index in [4.69, 9.17) is 43.2 Å². The fourth-order valence-corrected chi connectivity index (χ4v) is 4.20. The van der Waals surface area contributed by atoms with Crippen molar-refractivity contribution in [2.75, 3.05) is 27.9 Å². The minimum Gasteiger partial charge on any atom is -0.497 e. The number of hydrogen-bond donors (Lipinski definition) is 3. The molecule has 2 aromatic carbocycles. The van der Waals surface area contributed by atoms with Gasteiger partial charge in [-0.25, -0.2) is 9.59 Å². The lowest BCUT2D eigenvalue weighted by molar-refractivity contribution is -0.159. The summed E-state index contributed by atoms with van der Waals surface area (Å²) in [6.45, 7) is 2.94. The van der Waals surface area contributed by atoms with Gasteiger partial charge in [0.25, 0.3) is 0 Å². The molecule has 0 bridgehead atoms. The summed E-state index contributed by atoms with van der Waals surface area (Å²) in [5, 5.41) is 18.9. The van der Waals surface area contributed by atoms with Crippen LogP contribution in [-0.4, -0.2) is 68.0 Å². The molecule has 11 nitrogen and oxygen atoms in total. The molecule has 1 fully saturated rings. The second-order valence-electron chi connectivity index (χ2n) is 8.54. The maximum Gasteiger partial charge on any atom is 0.414 e. The van der Waals surface area contributed by atoms with E-state index in [0.717, 1.165) is 30.7 Å². The number of methoxy groups -OCH3 is 3. The fraction of sp³-hybridized carbons (Fsp3) is 0.321. The molecule has 39 heavy (non-hydrogen) atoms. The van der Waals surface area contributed by atoms with Crippen molar-refractivity contribution in [3.8, 4) is 23.0 Å². The number of nitrogens with one attached hydrogen (secondary N) is 1. The normalized spacial score (nSPS) is 15.3. The van der Waals surface area contributed by atoms with Gasteiger partial charge >= 0.3 is 11.9 Å². The third-order valence-corrected chi connectivity index (χ3v) is 6.13. The molecule has 4 rings (SSSR count). The molecule has 1 aliphatic heterocycles. The van der Waals surface area contributed by atoms with Gasteiger partial charge < -0.3 is 38.9 Å². The van der Waals surface area contributed by atoms with E-state index < -0.39 is 11.9 Å². The average Bonchev–Trinajstić information content (AvgIpc) is 3.64. The predicted octanol–water partition coefficient (Wildman–Crippen LogP) is 4.03. The van der Waals surface area contributed by atoms with Crippen LogP contribution < -0.4 is 24.3 Å². The summed E-state index contributed by atoms with van der Waals surface area (Å²) in [4.78, 5) is 31.7. The zero-order chi connectivity index (χ0) is 28.5. The van der Waals surface area contributed by atoms with Crippen LogP contribution in [0.2, 0.25) is 0 Å². The first-order valence-electron chi connectivity index (χ1n) is 12.1. The summed E-state index contributed by atoms with van der Waals surface area (Å²) < 4.78 is 28.6. The van der Waals surface area contributed by atoms with Crippen LogP contribution in [0.15, 0.2) is 47.1 Å². The molecule has 3 N–H and O–H groups in total. The Hall–Kier alpha value is -4.51. The van der Waals surface area contributed by atoms with Crippen LogP contribution in [0.1, 0.15) is 35.7 Å². The fourth-order valence-electron chi connectivity index (χ4n) is 4.20. The van der Waals surface area contributed by atoms with Gasteiger partial charge in [-0.2, -0.15) is 0 Å². The number of hydrogen-bond acceptors (Lipinski definition) is 9. The highest BCUT2D eigenvalue weighted by atomic mass is 16.5. The molecule has 2 atom stereocenters. The molecule has 0 aliphatic carbocycles. The highest BCUT2D eigenvalue weighted by Gasteiger charge is 2.31. The number of aliphatic carboxylic acids is 2.